The number of carbonyl (C=O) groups excluding carboxylic acids is 3. The van der Waals surface area contributed by atoms with E-state index >= 15 is 0 Å². The van der Waals surface area contributed by atoms with Gasteiger partial charge >= 0.3 is 11.9 Å². The van der Waals surface area contributed by atoms with E-state index in [0.29, 0.717) is 0 Å². The number of carbonyl (C=O) groups is 3. The fourth-order valence-corrected chi connectivity index (χ4v) is 2.69. The summed E-state index contributed by atoms with van der Waals surface area (Å²) in [5.41, 5.74) is 0.0430. The lowest BCUT2D eigenvalue weighted by Gasteiger charge is -2.16. The summed E-state index contributed by atoms with van der Waals surface area (Å²) in [4.78, 5) is 36.4. The van der Waals surface area contributed by atoms with Gasteiger partial charge in [-0.15, -0.1) is 0 Å². The van der Waals surface area contributed by atoms with Crippen molar-refractivity contribution in [3.63, 3.8) is 0 Å². The molecule has 4 N–H and O–H groups in total. The van der Waals surface area contributed by atoms with E-state index in [1.807, 2.05) is 0 Å². The lowest BCUT2D eigenvalue weighted by atomic mass is 9.98. The molecule has 2 rings (SSSR count). The number of ketones is 1. The van der Waals surface area contributed by atoms with Crippen LogP contribution in [0.5, 0.6) is 5.75 Å². The van der Waals surface area contributed by atoms with Gasteiger partial charge in [0.05, 0.1) is 18.8 Å². The van der Waals surface area contributed by atoms with E-state index in [9.17, 15) is 24.6 Å². The Hall–Kier alpha value is -2.97. The smallest absolute Gasteiger partial charge is 0.342 e. The minimum Gasteiger partial charge on any atom is -0.507 e. The number of hydrogen-bond donors (Lipinski definition) is 2. The molecule has 0 aliphatic carbocycles. The normalized spacial score (nSPS) is 22.7. The molecular formula is C20H24O8. The third-order valence-electron chi connectivity index (χ3n) is 4.04. The van der Waals surface area contributed by atoms with Gasteiger partial charge in [-0.1, -0.05) is 18.2 Å². The fraction of sp³-hybridized carbons (Fsp3) is 0.350. The standard InChI is InChI=1S/C20H22O7.H2O/c1-12-5-3-6-13(21)11-14(22)7-4-8-15-16(19(24)26-2)9-10-17(23)18(15)20(25)27-12;/h3-4,6,8-10,12,14,22-23H,5,7,11H2,1-2H3;1H2/b6-3-,8-4+;/t12-,14-;/m0./s1. The zero-order chi connectivity index (χ0) is 20.0. The molecule has 1 aliphatic heterocycles. The summed E-state index contributed by atoms with van der Waals surface area (Å²) < 4.78 is 10.1. The van der Waals surface area contributed by atoms with E-state index in [4.69, 9.17) is 9.47 Å². The van der Waals surface area contributed by atoms with Gasteiger partial charge in [0, 0.05) is 18.4 Å². The number of ether oxygens (including phenoxy) is 2. The monoisotopic (exact) mass is 392 g/mol. The zero-order valence-corrected chi connectivity index (χ0v) is 15.7. The number of benzene rings is 1. The van der Waals surface area contributed by atoms with E-state index in [1.54, 1.807) is 13.0 Å². The summed E-state index contributed by atoms with van der Waals surface area (Å²) in [6.07, 6.45) is 4.77. The Labute approximate surface area is 162 Å². The molecule has 152 valence electrons. The molecule has 0 saturated heterocycles. The summed E-state index contributed by atoms with van der Waals surface area (Å²) in [5.74, 6) is -2.06. The molecule has 1 aromatic carbocycles. The molecule has 8 heteroatoms. The maximum Gasteiger partial charge on any atom is 0.342 e. The van der Waals surface area contributed by atoms with E-state index in [2.05, 4.69) is 0 Å². The minimum atomic E-state index is -0.909. The highest BCUT2D eigenvalue weighted by Gasteiger charge is 2.24. The molecule has 0 spiro atoms. The number of hydrogen-bond acceptors (Lipinski definition) is 7. The quantitative estimate of drug-likeness (QED) is 0.691. The fourth-order valence-electron chi connectivity index (χ4n) is 2.69. The molecular weight excluding hydrogens is 368 g/mol. The number of rotatable bonds is 1. The number of aliphatic hydroxyl groups excluding tert-OH is 1. The molecule has 0 fully saturated rings. The van der Waals surface area contributed by atoms with Gasteiger partial charge in [-0.25, -0.2) is 9.59 Å². The third kappa shape index (κ3) is 5.77. The maximum absolute atomic E-state index is 12.6. The number of cyclic esters (lactones) is 1. The van der Waals surface area contributed by atoms with Crippen LogP contribution in [-0.2, 0) is 14.3 Å². The van der Waals surface area contributed by atoms with Gasteiger partial charge in [-0.3, -0.25) is 4.79 Å². The number of phenolic OH excluding ortho intramolecular Hbond substituents is 1. The van der Waals surface area contributed by atoms with Crippen LogP contribution >= 0.6 is 0 Å². The molecule has 0 saturated carbocycles. The van der Waals surface area contributed by atoms with Crippen LogP contribution in [-0.4, -0.2) is 52.7 Å². The Morgan fingerprint density at radius 2 is 1.86 bits per heavy atom. The van der Waals surface area contributed by atoms with Crippen LogP contribution in [0.1, 0.15) is 52.5 Å². The van der Waals surface area contributed by atoms with Gasteiger partial charge in [0.2, 0.25) is 0 Å². The second kappa shape index (κ2) is 10.4. The third-order valence-corrected chi connectivity index (χ3v) is 4.04. The molecule has 0 amide bonds. The number of methoxy groups -OCH3 is 1. The largest absolute Gasteiger partial charge is 0.507 e. The van der Waals surface area contributed by atoms with E-state index in [-0.39, 0.29) is 53.0 Å². The maximum atomic E-state index is 12.6. The first-order valence-corrected chi connectivity index (χ1v) is 8.52. The number of allylic oxidation sites excluding steroid dienone is 1. The predicted molar refractivity (Wildman–Crippen MR) is 101 cm³/mol. The average molecular weight is 392 g/mol. The summed E-state index contributed by atoms with van der Waals surface area (Å²) in [6.45, 7) is 1.64. The van der Waals surface area contributed by atoms with Crippen molar-refractivity contribution < 1.29 is 39.5 Å². The van der Waals surface area contributed by atoms with Crippen LogP contribution in [0.2, 0.25) is 0 Å². The SMILES string of the molecule is COC(=O)c1ccc(O)c2c1/C=C/C[C@H](O)CC(=O)/C=C\C[C@H](C)OC2=O.O. The van der Waals surface area contributed by atoms with Gasteiger partial charge in [0.25, 0.3) is 0 Å². The summed E-state index contributed by atoms with van der Waals surface area (Å²) >= 11 is 0. The van der Waals surface area contributed by atoms with Crippen molar-refractivity contribution in [1.82, 2.24) is 0 Å². The number of esters is 2. The van der Waals surface area contributed by atoms with Crippen molar-refractivity contribution >= 4 is 23.8 Å². The number of aliphatic hydroxyl groups is 1. The Balaban J connectivity index is 0.00000392. The topological polar surface area (TPSA) is 142 Å². The van der Waals surface area contributed by atoms with Crippen molar-refractivity contribution in [2.75, 3.05) is 7.11 Å². The van der Waals surface area contributed by atoms with E-state index in [1.165, 1.54) is 37.5 Å². The first-order chi connectivity index (χ1) is 12.8. The van der Waals surface area contributed by atoms with Crippen LogP contribution in [0, 0.1) is 0 Å². The molecule has 1 aliphatic rings. The van der Waals surface area contributed by atoms with Gasteiger partial charge in [0.1, 0.15) is 17.4 Å². The number of aromatic hydroxyl groups is 1. The summed E-state index contributed by atoms with van der Waals surface area (Å²) in [5, 5.41) is 20.2. The van der Waals surface area contributed by atoms with Gasteiger partial charge < -0.3 is 25.2 Å². The Kier molecular flexibility index (Phi) is 8.56. The second-order valence-corrected chi connectivity index (χ2v) is 6.23. The van der Waals surface area contributed by atoms with E-state index < -0.39 is 24.1 Å². The van der Waals surface area contributed by atoms with Gasteiger partial charge in [-0.2, -0.15) is 0 Å². The van der Waals surface area contributed by atoms with Crippen LogP contribution in [0.4, 0.5) is 0 Å². The van der Waals surface area contributed by atoms with E-state index in [0.717, 1.165) is 0 Å². The van der Waals surface area contributed by atoms with Gasteiger partial charge in [-0.05, 0) is 31.6 Å². The Morgan fingerprint density at radius 3 is 2.54 bits per heavy atom. The molecule has 1 aromatic rings. The molecule has 2 atom stereocenters. The summed E-state index contributed by atoms with van der Waals surface area (Å²) in [7, 11) is 1.20. The average Bonchev–Trinajstić information content (AvgIpc) is 2.60. The van der Waals surface area contributed by atoms with Crippen LogP contribution in [0.25, 0.3) is 6.08 Å². The highest BCUT2D eigenvalue weighted by molar-refractivity contribution is 6.03. The second-order valence-electron chi connectivity index (χ2n) is 6.23. The van der Waals surface area contributed by atoms with Crippen LogP contribution in [0.15, 0.2) is 30.4 Å². The molecule has 0 aromatic heterocycles. The van der Waals surface area contributed by atoms with Gasteiger partial charge in [0.15, 0.2) is 5.78 Å². The van der Waals surface area contributed by atoms with Crippen molar-refractivity contribution in [1.29, 1.82) is 0 Å². The predicted octanol–water partition coefficient (Wildman–Crippen LogP) is 1.58. The first-order valence-electron chi connectivity index (χ1n) is 8.52. The molecule has 8 nitrogen and oxygen atoms in total. The highest BCUT2D eigenvalue weighted by Crippen LogP contribution is 2.28. The highest BCUT2D eigenvalue weighted by atomic mass is 16.5. The number of fused-ring (bicyclic) bond motifs is 1. The molecule has 28 heavy (non-hydrogen) atoms. The Bertz CT molecular complexity index is 794. The molecule has 0 bridgehead atoms. The van der Waals surface area contributed by atoms with Crippen molar-refractivity contribution in [2.24, 2.45) is 0 Å². The number of phenols is 1. The lowest BCUT2D eigenvalue weighted by Crippen LogP contribution is -2.18. The van der Waals surface area contributed by atoms with Crippen LogP contribution in [0.3, 0.4) is 0 Å². The van der Waals surface area contributed by atoms with Crippen molar-refractivity contribution in [3.05, 3.63) is 47.1 Å². The molecule has 0 radical (unpaired) electrons. The molecule has 1 heterocycles. The van der Waals surface area contributed by atoms with Crippen molar-refractivity contribution in [3.8, 4) is 5.75 Å². The first kappa shape index (κ1) is 23.1. The summed E-state index contributed by atoms with van der Waals surface area (Å²) in [6, 6.07) is 2.56. The minimum absolute atomic E-state index is 0. The van der Waals surface area contributed by atoms with Crippen molar-refractivity contribution in [2.45, 2.75) is 38.4 Å². The lowest BCUT2D eigenvalue weighted by molar-refractivity contribution is -0.116. The Morgan fingerprint density at radius 1 is 1.18 bits per heavy atom. The van der Waals surface area contributed by atoms with Crippen LogP contribution < -0.4 is 0 Å². The zero-order valence-electron chi connectivity index (χ0n) is 15.7. The molecule has 0 unspecified atom stereocenters.